The van der Waals surface area contributed by atoms with Crippen molar-refractivity contribution >= 4 is 43.5 Å². The van der Waals surface area contributed by atoms with Crippen LogP contribution in [0, 0.1) is 27.7 Å². The second kappa shape index (κ2) is 12.7. The van der Waals surface area contributed by atoms with Crippen LogP contribution in [0.3, 0.4) is 0 Å². The molecule has 12 heteroatoms. The molecule has 0 heterocycles. The molecule has 0 fully saturated rings. The molecule has 43 heavy (non-hydrogen) atoms. The number of aryl methyl sites for hydroxylation is 4. The van der Waals surface area contributed by atoms with Crippen molar-refractivity contribution in [2.24, 2.45) is 0 Å². The number of anilines is 2. The number of carbonyl (C=O) groups is 2. The molecule has 4 N–H and O–H groups in total. The van der Waals surface area contributed by atoms with E-state index in [0.717, 1.165) is 33.4 Å². The summed E-state index contributed by atoms with van der Waals surface area (Å²) in [5.41, 5.74) is 6.08. The van der Waals surface area contributed by atoms with Crippen LogP contribution in [0.25, 0.3) is 0 Å². The highest BCUT2D eigenvalue weighted by atomic mass is 32.2. The molecule has 4 aromatic rings. The van der Waals surface area contributed by atoms with Crippen LogP contribution in [0.15, 0.2) is 94.7 Å². The molecule has 4 aromatic carbocycles. The summed E-state index contributed by atoms with van der Waals surface area (Å²) in [6.07, 6.45) is 0.546. The van der Waals surface area contributed by atoms with E-state index in [1.807, 2.05) is 47.6 Å². The Labute approximate surface area is 251 Å². The SMILES string of the molecule is Cc1ccc(S(=O)(=O)NC(=O)Nc2ccc(Cc3ccc(NC(=O)NS(=O)(=O)c4ccc(C)cc4)c(C)c3)cc2C)cc1. The van der Waals surface area contributed by atoms with Crippen LogP contribution in [0.2, 0.25) is 0 Å². The number of carbonyl (C=O) groups excluding carboxylic acids is 2. The Balaban J connectivity index is 1.36. The molecule has 224 valence electrons. The molecule has 0 saturated heterocycles. The Bertz CT molecular complexity index is 1750. The minimum atomic E-state index is -4.02. The van der Waals surface area contributed by atoms with Crippen LogP contribution in [0.4, 0.5) is 21.0 Å². The van der Waals surface area contributed by atoms with E-state index in [2.05, 4.69) is 10.6 Å². The number of amides is 4. The zero-order valence-electron chi connectivity index (χ0n) is 24.1. The lowest BCUT2D eigenvalue weighted by Crippen LogP contribution is -2.34. The highest BCUT2D eigenvalue weighted by molar-refractivity contribution is 7.90. The Kier molecular flexibility index (Phi) is 9.22. The van der Waals surface area contributed by atoms with Crippen molar-refractivity contribution in [1.82, 2.24) is 9.44 Å². The van der Waals surface area contributed by atoms with Crippen LogP contribution in [-0.4, -0.2) is 28.9 Å². The second-order valence-corrected chi connectivity index (χ2v) is 13.6. The van der Waals surface area contributed by atoms with Crippen molar-refractivity contribution in [2.75, 3.05) is 10.6 Å². The van der Waals surface area contributed by atoms with Crippen LogP contribution in [0.5, 0.6) is 0 Å². The average molecular weight is 621 g/mol. The third kappa shape index (κ3) is 8.21. The highest BCUT2D eigenvalue weighted by Gasteiger charge is 2.19. The first-order chi connectivity index (χ1) is 20.2. The molecule has 0 radical (unpaired) electrons. The van der Waals surface area contributed by atoms with E-state index < -0.39 is 32.1 Å². The van der Waals surface area contributed by atoms with Gasteiger partial charge in [0.15, 0.2) is 0 Å². The van der Waals surface area contributed by atoms with Gasteiger partial charge in [0, 0.05) is 11.4 Å². The van der Waals surface area contributed by atoms with Gasteiger partial charge in [0.05, 0.1) is 9.79 Å². The van der Waals surface area contributed by atoms with E-state index in [9.17, 15) is 26.4 Å². The van der Waals surface area contributed by atoms with Gasteiger partial charge in [-0.05, 0) is 92.8 Å². The summed E-state index contributed by atoms with van der Waals surface area (Å²) in [5, 5.41) is 5.17. The molecule has 0 bridgehead atoms. The number of benzene rings is 4. The maximum atomic E-state index is 12.5. The fourth-order valence-electron chi connectivity index (χ4n) is 4.28. The van der Waals surface area contributed by atoms with Crippen LogP contribution in [-0.2, 0) is 26.5 Å². The highest BCUT2D eigenvalue weighted by Crippen LogP contribution is 2.22. The number of sulfonamides is 2. The van der Waals surface area contributed by atoms with Crippen molar-refractivity contribution in [1.29, 1.82) is 0 Å². The van der Waals surface area contributed by atoms with Gasteiger partial charge in [-0.3, -0.25) is 0 Å². The molecular formula is C31H32N4O6S2. The minimum Gasteiger partial charge on any atom is -0.307 e. The fourth-order valence-corrected chi connectivity index (χ4v) is 6.09. The lowest BCUT2D eigenvalue weighted by atomic mass is 10.00. The van der Waals surface area contributed by atoms with E-state index in [4.69, 9.17) is 0 Å². The molecule has 0 aliphatic carbocycles. The van der Waals surface area contributed by atoms with Crippen LogP contribution in [0.1, 0.15) is 33.4 Å². The summed E-state index contributed by atoms with van der Waals surface area (Å²) in [5.74, 6) is 0. The molecule has 0 aliphatic rings. The summed E-state index contributed by atoms with van der Waals surface area (Å²) in [7, 11) is -8.04. The predicted octanol–water partition coefficient (Wildman–Crippen LogP) is 5.53. The third-order valence-corrected chi connectivity index (χ3v) is 9.30. The van der Waals surface area contributed by atoms with Gasteiger partial charge >= 0.3 is 12.1 Å². The topological polar surface area (TPSA) is 151 Å². The van der Waals surface area contributed by atoms with Gasteiger partial charge in [-0.2, -0.15) is 0 Å². The van der Waals surface area contributed by atoms with Gasteiger partial charge in [-0.15, -0.1) is 0 Å². The zero-order valence-corrected chi connectivity index (χ0v) is 25.7. The lowest BCUT2D eigenvalue weighted by molar-refractivity contribution is 0.255. The van der Waals surface area contributed by atoms with Gasteiger partial charge in [0.1, 0.15) is 0 Å². The standard InChI is InChI=1S/C31H32N4O6S2/c1-20-5-11-26(12-6-20)42(38,39)34-30(36)32-28-15-9-24(17-22(28)3)19-25-10-16-29(23(4)18-25)33-31(37)35-43(40,41)27-13-7-21(2)8-14-27/h5-18H,19H2,1-4H3,(H2,32,34,36)(H2,33,35,37). The summed E-state index contributed by atoms with van der Waals surface area (Å²) in [4.78, 5) is 24.8. The fraction of sp³-hybridized carbons (Fsp3) is 0.161. The van der Waals surface area contributed by atoms with Crippen molar-refractivity contribution in [3.63, 3.8) is 0 Å². The van der Waals surface area contributed by atoms with Gasteiger partial charge in [0.25, 0.3) is 20.0 Å². The molecule has 4 amide bonds. The van der Waals surface area contributed by atoms with E-state index in [1.54, 1.807) is 50.2 Å². The normalized spacial score (nSPS) is 11.4. The maximum absolute atomic E-state index is 12.5. The van der Waals surface area contributed by atoms with E-state index >= 15 is 0 Å². The summed E-state index contributed by atoms with van der Waals surface area (Å²) in [6, 6.07) is 21.4. The minimum absolute atomic E-state index is 0.00950. The molecule has 0 aromatic heterocycles. The van der Waals surface area contributed by atoms with Crippen molar-refractivity contribution < 1.29 is 26.4 Å². The molecule has 10 nitrogen and oxygen atoms in total. The van der Waals surface area contributed by atoms with Crippen molar-refractivity contribution in [3.05, 3.63) is 118 Å². The number of hydrogen-bond acceptors (Lipinski definition) is 6. The largest absolute Gasteiger partial charge is 0.333 e. The van der Waals surface area contributed by atoms with Gasteiger partial charge in [-0.25, -0.2) is 35.9 Å². The third-order valence-electron chi connectivity index (χ3n) is 6.60. The Morgan fingerprint density at radius 2 is 0.884 bits per heavy atom. The number of hydrogen-bond donors (Lipinski definition) is 4. The number of nitrogens with one attached hydrogen (secondary N) is 4. The molecule has 4 rings (SSSR count). The second-order valence-electron chi connectivity index (χ2n) is 10.2. The molecular weight excluding hydrogens is 588 g/mol. The van der Waals surface area contributed by atoms with Crippen molar-refractivity contribution in [3.8, 4) is 0 Å². The summed E-state index contributed by atoms with van der Waals surface area (Å²) < 4.78 is 54.1. The molecule has 0 unspecified atom stereocenters. The Hall–Kier alpha value is -4.68. The van der Waals surface area contributed by atoms with E-state index in [1.165, 1.54) is 24.3 Å². The molecule has 0 spiro atoms. The van der Waals surface area contributed by atoms with Crippen LogP contribution < -0.4 is 20.1 Å². The first kappa shape index (κ1) is 31.3. The Morgan fingerprint density at radius 3 is 1.21 bits per heavy atom. The first-order valence-electron chi connectivity index (χ1n) is 13.2. The maximum Gasteiger partial charge on any atom is 0.333 e. The number of rotatable bonds is 8. The van der Waals surface area contributed by atoms with Gasteiger partial charge in [-0.1, -0.05) is 59.7 Å². The smallest absolute Gasteiger partial charge is 0.307 e. The molecule has 0 saturated carbocycles. The van der Waals surface area contributed by atoms with Crippen molar-refractivity contribution in [2.45, 2.75) is 43.9 Å². The zero-order chi connectivity index (χ0) is 31.4. The van der Waals surface area contributed by atoms with Gasteiger partial charge < -0.3 is 10.6 Å². The molecule has 0 aliphatic heterocycles. The summed E-state index contributed by atoms with van der Waals surface area (Å²) >= 11 is 0. The van der Waals surface area contributed by atoms with E-state index in [0.29, 0.717) is 17.8 Å². The Morgan fingerprint density at radius 1 is 0.535 bits per heavy atom. The lowest BCUT2D eigenvalue weighted by Gasteiger charge is -2.13. The molecule has 0 atom stereocenters. The quantitative estimate of drug-likeness (QED) is 0.203. The average Bonchev–Trinajstić information content (AvgIpc) is 2.92. The van der Waals surface area contributed by atoms with Crippen LogP contribution >= 0.6 is 0 Å². The predicted molar refractivity (Wildman–Crippen MR) is 166 cm³/mol. The summed E-state index contributed by atoms with van der Waals surface area (Å²) in [6.45, 7) is 7.27. The monoisotopic (exact) mass is 620 g/mol. The first-order valence-corrected chi connectivity index (χ1v) is 16.2. The van der Waals surface area contributed by atoms with E-state index in [-0.39, 0.29) is 9.79 Å². The number of urea groups is 2. The van der Waals surface area contributed by atoms with Gasteiger partial charge in [0.2, 0.25) is 0 Å².